The van der Waals surface area contributed by atoms with E-state index in [-0.39, 0.29) is 5.41 Å². The van der Waals surface area contributed by atoms with Gasteiger partial charge in [0.05, 0.1) is 7.11 Å². The van der Waals surface area contributed by atoms with Gasteiger partial charge in [-0.2, -0.15) is 0 Å². The van der Waals surface area contributed by atoms with Crippen LogP contribution in [0.2, 0.25) is 0 Å². The van der Waals surface area contributed by atoms with E-state index in [9.17, 15) is 0 Å². The zero-order valence-electron chi connectivity index (χ0n) is 12.0. The van der Waals surface area contributed by atoms with Crippen LogP contribution in [0.4, 0.5) is 0 Å². The molecule has 0 aliphatic rings. The number of hydrogen-bond acceptors (Lipinski definition) is 2. The number of aryl methyl sites for hydroxylation is 1. The lowest BCUT2D eigenvalue weighted by atomic mass is 9.83. The number of hydrogen-bond donors (Lipinski definition) is 1. The summed E-state index contributed by atoms with van der Waals surface area (Å²) in [4.78, 5) is 0. The van der Waals surface area contributed by atoms with Gasteiger partial charge in [0.25, 0.3) is 0 Å². The molecule has 1 rings (SSSR count). The van der Waals surface area contributed by atoms with Crippen molar-refractivity contribution in [2.45, 2.75) is 39.7 Å². The van der Waals surface area contributed by atoms with E-state index in [1.165, 1.54) is 5.56 Å². The van der Waals surface area contributed by atoms with Crippen LogP contribution in [-0.4, -0.2) is 20.2 Å². The van der Waals surface area contributed by atoms with Crippen LogP contribution in [0.1, 0.15) is 32.8 Å². The molecule has 0 saturated carbocycles. The van der Waals surface area contributed by atoms with Crippen molar-refractivity contribution >= 4 is 15.9 Å². The van der Waals surface area contributed by atoms with Gasteiger partial charge in [-0.1, -0.05) is 36.7 Å². The van der Waals surface area contributed by atoms with Crippen molar-refractivity contribution in [2.24, 2.45) is 5.41 Å². The quantitative estimate of drug-likeness (QED) is 0.886. The maximum atomic E-state index is 5.41. The molecule has 2 nitrogen and oxygen atoms in total. The van der Waals surface area contributed by atoms with Crippen LogP contribution in [0.3, 0.4) is 0 Å². The molecule has 1 atom stereocenters. The SMILES string of the molecule is CNC(CCc1cc(Br)ccc1OC)C(C)(C)C. The second-order valence-electron chi connectivity index (χ2n) is 5.70. The molecule has 18 heavy (non-hydrogen) atoms. The van der Waals surface area contributed by atoms with Crippen molar-refractivity contribution in [3.05, 3.63) is 28.2 Å². The van der Waals surface area contributed by atoms with Gasteiger partial charge in [-0.3, -0.25) is 0 Å². The predicted molar refractivity (Wildman–Crippen MR) is 81.3 cm³/mol. The highest BCUT2D eigenvalue weighted by Crippen LogP contribution is 2.27. The molecular formula is C15H24BrNO. The molecule has 0 saturated heterocycles. The Balaban J connectivity index is 2.76. The van der Waals surface area contributed by atoms with Crippen molar-refractivity contribution in [3.63, 3.8) is 0 Å². The topological polar surface area (TPSA) is 21.3 Å². The van der Waals surface area contributed by atoms with E-state index in [0.717, 1.165) is 23.1 Å². The van der Waals surface area contributed by atoms with Gasteiger partial charge in [0.15, 0.2) is 0 Å². The van der Waals surface area contributed by atoms with E-state index in [2.05, 4.69) is 48.1 Å². The van der Waals surface area contributed by atoms with E-state index in [4.69, 9.17) is 4.74 Å². The van der Waals surface area contributed by atoms with Crippen LogP contribution in [-0.2, 0) is 6.42 Å². The summed E-state index contributed by atoms with van der Waals surface area (Å²) in [6.45, 7) is 6.81. The Bertz CT molecular complexity index is 385. The molecule has 1 aromatic rings. The van der Waals surface area contributed by atoms with Gasteiger partial charge in [-0.15, -0.1) is 0 Å². The number of ether oxygens (including phenoxy) is 1. The zero-order valence-corrected chi connectivity index (χ0v) is 13.6. The largest absolute Gasteiger partial charge is 0.496 e. The Hall–Kier alpha value is -0.540. The van der Waals surface area contributed by atoms with E-state index >= 15 is 0 Å². The molecular weight excluding hydrogens is 290 g/mol. The van der Waals surface area contributed by atoms with Gasteiger partial charge >= 0.3 is 0 Å². The number of nitrogens with one attached hydrogen (secondary N) is 1. The van der Waals surface area contributed by atoms with E-state index in [0.29, 0.717) is 6.04 Å². The third-order valence-corrected chi connectivity index (χ3v) is 3.83. The molecule has 102 valence electrons. The minimum atomic E-state index is 0.272. The van der Waals surface area contributed by atoms with Crippen LogP contribution in [0, 0.1) is 5.41 Å². The maximum absolute atomic E-state index is 5.41. The molecule has 1 aromatic carbocycles. The summed E-state index contributed by atoms with van der Waals surface area (Å²) in [7, 11) is 3.76. The van der Waals surface area contributed by atoms with Crippen molar-refractivity contribution in [1.29, 1.82) is 0 Å². The maximum Gasteiger partial charge on any atom is 0.122 e. The van der Waals surface area contributed by atoms with Gasteiger partial charge in [0.1, 0.15) is 5.75 Å². The standard InChI is InChI=1S/C15H24BrNO/c1-15(2,3)14(17-4)9-6-11-10-12(16)7-8-13(11)18-5/h7-8,10,14,17H,6,9H2,1-5H3. The highest BCUT2D eigenvalue weighted by atomic mass is 79.9. The van der Waals surface area contributed by atoms with Gasteiger partial charge in [-0.05, 0) is 49.1 Å². The van der Waals surface area contributed by atoms with Crippen molar-refractivity contribution in [3.8, 4) is 5.75 Å². The van der Waals surface area contributed by atoms with Crippen LogP contribution in [0.5, 0.6) is 5.75 Å². The monoisotopic (exact) mass is 313 g/mol. The van der Waals surface area contributed by atoms with Crippen LogP contribution >= 0.6 is 15.9 Å². The summed E-state index contributed by atoms with van der Waals surface area (Å²) in [6.07, 6.45) is 2.12. The summed E-state index contributed by atoms with van der Waals surface area (Å²) in [6, 6.07) is 6.68. The van der Waals surface area contributed by atoms with Gasteiger partial charge < -0.3 is 10.1 Å². The second-order valence-corrected chi connectivity index (χ2v) is 6.62. The first-order valence-corrected chi connectivity index (χ1v) is 7.17. The van der Waals surface area contributed by atoms with Crippen molar-refractivity contribution in [1.82, 2.24) is 5.32 Å². The highest BCUT2D eigenvalue weighted by molar-refractivity contribution is 9.10. The summed E-state index contributed by atoms with van der Waals surface area (Å²) < 4.78 is 6.52. The lowest BCUT2D eigenvalue weighted by Gasteiger charge is -2.30. The summed E-state index contributed by atoms with van der Waals surface area (Å²) in [5.74, 6) is 0.974. The van der Waals surface area contributed by atoms with Crippen molar-refractivity contribution in [2.75, 3.05) is 14.2 Å². The van der Waals surface area contributed by atoms with E-state index < -0.39 is 0 Å². The Labute approximate surface area is 119 Å². The first kappa shape index (κ1) is 15.5. The normalized spacial score (nSPS) is 13.4. The predicted octanol–water partition coefficient (Wildman–Crippen LogP) is 4.02. The minimum Gasteiger partial charge on any atom is -0.496 e. The zero-order chi connectivity index (χ0) is 13.8. The Morgan fingerprint density at radius 3 is 2.50 bits per heavy atom. The fraction of sp³-hybridized carbons (Fsp3) is 0.600. The lowest BCUT2D eigenvalue weighted by Crippen LogP contribution is -2.38. The Morgan fingerprint density at radius 1 is 1.33 bits per heavy atom. The second kappa shape index (κ2) is 6.58. The highest BCUT2D eigenvalue weighted by Gasteiger charge is 2.22. The Kier molecular flexibility index (Phi) is 5.67. The molecule has 0 aromatic heterocycles. The summed E-state index contributed by atoms with van der Waals surface area (Å²) in [5, 5.41) is 3.41. The third-order valence-electron chi connectivity index (χ3n) is 3.34. The lowest BCUT2D eigenvalue weighted by molar-refractivity contribution is 0.267. The molecule has 0 fully saturated rings. The molecule has 3 heteroatoms. The first-order chi connectivity index (χ1) is 8.38. The summed E-state index contributed by atoms with van der Waals surface area (Å²) >= 11 is 3.52. The van der Waals surface area contributed by atoms with Gasteiger partial charge in [-0.25, -0.2) is 0 Å². The van der Waals surface area contributed by atoms with Crippen LogP contribution in [0.25, 0.3) is 0 Å². The van der Waals surface area contributed by atoms with Crippen molar-refractivity contribution < 1.29 is 4.74 Å². The first-order valence-electron chi connectivity index (χ1n) is 6.38. The van der Waals surface area contributed by atoms with E-state index in [1.807, 2.05) is 19.2 Å². The third kappa shape index (κ3) is 4.29. The molecule has 1 N–H and O–H groups in total. The summed E-state index contributed by atoms with van der Waals surface area (Å²) in [5.41, 5.74) is 1.53. The molecule has 0 aliphatic heterocycles. The molecule has 0 aliphatic carbocycles. The molecule has 0 bridgehead atoms. The molecule has 0 spiro atoms. The van der Waals surface area contributed by atoms with Crippen LogP contribution in [0.15, 0.2) is 22.7 Å². The minimum absolute atomic E-state index is 0.272. The number of halogens is 1. The number of rotatable bonds is 5. The molecule has 1 unspecified atom stereocenters. The van der Waals surface area contributed by atoms with Crippen LogP contribution < -0.4 is 10.1 Å². The molecule has 0 heterocycles. The molecule has 0 radical (unpaired) electrons. The van der Waals surface area contributed by atoms with E-state index in [1.54, 1.807) is 7.11 Å². The Morgan fingerprint density at radius 2 is 2.00 bits per heavy atom. The van der Waals surface area contributed by atoms with Gasteiger partial charge in [0, 0.05) is 10.5 Å². The number of benzene rings is 1. The smallest absolute Gasteiger partial charge is 0.122 e. The fourth-order valence-electron chi connectivity index (χ4n) is 2.25. The van der Waals surface area contributed by atoms with Gasteiger partial charge in [0.2, 0.25) is 0 Å². The molecule has 0 amide bonds. The number of methoxy groups -OCH3 is 1. The average molecular weight is 314 g/mol. The fourth-order valence-corrected chi connectivity index (χ4v) is 2.66. The average Bonchev–Trinajstić information content (AvgIpc) is 2.28.